The van der Waals surface area contributed by atoms with Crippen molar-refractivity contribution in [2.45, 2.75) is 46.6 Å². The van der Waals surface area contributed by atoms with Crippen LogP contribution in [0, 0.1) is 5.41 Å². The Morgan fingerprint density at radius 2 is 1.50 bits per heavy atom. The summed E-state index contributed by atoms with van der Waals surface area (Å²) in [5.74, 6) is 0.721. The zero-order valence-corrected chi connectivity index (χ0v) is 13.2. The molecule has 102 valence electrons. The van der Waals surface area contributed by atoms with Crippen LogP contribution in [0.2, 0.25) is 10.3 Å². The molecule has 0 N–H and O–H groups in total. The van der Waals surface area contributed by atoms with Gasteiger partial charge in [0, 0.05) is 12.7 Å². The van der Waals surface area contributed by atoms with Gasteiger partial charge in [0.1, 0.15) is 16.4 Å². The fourth-order valence-corrected chi connectivity index (χ4v) is 2.71. The van der Waals surface area contributed by atoms with Crippen molar-refractivity contribution >= 4 is 23.2 Å². The molecule has 0 radical (unpaired) electrons. The number of ether oxygens (including phenoxy) is 1. The third kappa shape index (κ3) is 3.34. The summed E-state index contributed by atoms with van der Waals surface area (Å²) in [6.45, 7) is 10.2. The molecule has 3 nitrogen and oxygen atoms in total. The van der Waals surface area contributed by atoms with Gasteiger partial charge in [-0.1, -0.05) is 57.8 Å². The van der Waals surface area contributed by atoms with E-state index < -0.39 is 0 Å². The fourth-order valence-electron chi connectivity index (χ4n) is 1.87. The molecule has 18 heavy (non-hydrogen) atoms. The van der Waals surface area contributed by atoms with Crippen molar-refractivity contribution in [3.8, 4) is 0 Å². The maximum Gasteiger partial charge on any atom is 0.161 e. The summed E-state index contributed by atoms with van der Waals surface area (Å²) in [6.07, 6.45) is -0.242. The molecule has 5 heteroatoms. The molecule has 1 aromatic heterocycles. The Morgan fingerprint density at radius 1 is 1.06 bits per heavy atom. The maximum atomic E-state index is 6.19. The first kappa shape index (κ1) is 15.7. The zero-order valence-electron chi connectivity index (χ0n) is 11.7. The first-order valence-corrected chi connectivity index (χ1v) is 6.69. The van der Waals surface area contributed by atoms with E-state index in [1.54, 1.807) is 7.11 Å². The van der Waals surface area contributed by atoms with Crippen LogP contribution in [-0.2, 0) is 4.74 Å². The van der Waals surface area contributed by atoms with Gasteiger partial charge in [-0.2, -0.15) is 0 Å². The van der Waals surface area contributed by atoms with Gasteiger partial charge < -0.3 is 4.74 Å². The van der Waals surface area contributed by atoms with Gasteiger partial charge in [0.25, 0.3) is 0 Å². The van der Waals surface area contributed by atoms with E-state index >= 15 is 0 Å². The number of methoxy groups -OCH3 is 1. The number of rotatable bonds is 3. The summed E-state index contributed by atoms with van der Waals surface area (Å²) >= 11 is 12.4. The molecular weight excluding hydrogens is 271 g/mol. The quantitative estimate of drug-likeness (QED) is 0.761. The third-order valence-corrected chi connectivity index (χ3v) is 3.28. The van der Waals surface area contributed by atoms with Gasteiger partial charge in [0.05, 0.1) is 0 Å². The Kier molecular flexibility index (Phi) is 4.98. The minimum Gasteiger partial charge on any atom is -0.373 e. The van der Waals surface area contributed by atoms with Crippen molar-refractivity contribution in [2.24, 2.45) is 5.41 Å². The minimum atomic E-state index is -0.242. The van der Waals surface area contributed by atoms with Crippen LogP contribution >= 0.6 is 23.2 Å². The van der Waals surface area contributed by atoms with E-state index in [-0.39, 0.29) is 17.4 Å². The lowest BCUT2D eigenvalue weighted by molar-refractivity contribution is 0.00863. The first-order valence-electron chi connectivity index (χ1n) is 5.94. The SMILES string of the molecule is COC(c1nc(Cl)c(C(C)C)c(Cl)n1)C(C)(C)C. The standard InChI is InChI=1S/C13H20Cl2N2O/c1-7(2)8-10(14)16-12(17-11(8)15)9(18-6)13(3,4)5/h7,9H,1-6H3. The van der Waals surface area contributed by atoms with Crippen LogP contribution in [0.1, 0.15) is 58.0 Å². The Labute approximate surface area is 119 Å². The molecule has 0 bridgehead atoms. The summed E-state index contributed by atoms with van der Waals surface area (Å²) in [5.41, 5.74) is 0.659. The topological polar surface area (TPSA) is 35.0 Å². The number of hydrogen-bond donors (Lipinski definition) is 0. The van der Waals surface area contributed by atoms with Crippen LogP contribution in [0.3, 0.4) is 0 Å². The Morgan fingerprint density at radius 3 is 1.78 bits per heavy atom. The number of aromatic nitrogens is 2. The van der Waals surface area contributed by atoms with Gasteiger partial charge in [-0.25, -0.2) is 9.97 Å². The Balaban J connectivity index is 3.29. The average Bonchev–Trinajstić information content (AvgIpc) is 2.13. The van der Waals surface area contributed by atoms with Crippen molar-refractivity contribution in [1.82, 2.24) is 9.97 Å². The van der Waals surface area contributed by atoms with Crippen molar-refractivity contribution in [1.29, 1.82) is 0 Å². The second-order valence-electron chi connectivity index (χ2n) is 5.71. The Bertz CT molecular complexity index is 404. The predicted octanol–water partition coefficient (Wildman–Crippen LogP) is 4.64. The molecule has 0 spiro atoms. The van der Waals surface area contributed by atoms with Crippen LogP contribution < -0.4 is 0 Å². The normalized spacial score (nSPS) is 14.1. The van der Waals surface area contributed by atoms with Gasteiger partial charge in [-0.3, -0.25) is 0 Å². The lowest BCUT2D eigenvalue weighted by Gasteiger charge is -2.28. The summed E-state index contributed by atoms with van der Waals surface area (Å²) in [6, 6.07) is 0. The summed E-state index contributed by atoms with van der Waals surface area (Å²) < 4.78 is 5.47. The van der Waals surface area contributed by atoms with Crippen LogP contribution in [0.4, 0.5) is 0 Å². The van der Waals surface area contributed by atoms with Crippen molar-refractivity contribution in [3.63, 3.8) is 0 Å². The van der Waals surface area contributed by atoms with Crippen molar-refractivity contribution < 1.29 is 4.74 Å². The highest BCUT2D eigenvalue weighted by molar-refractivity contribution is 6.34. The molecule has 0 fully saturated rings. The molecule has 1 rings (SSSR count). The number of nitrogens with zero attached hydrogens (tertiary/aromatic N) is 2. The molecule has 0 aliphatic rings. The van der Waals surface area contributed by atoms with Crippen LogP contribution in [0.5, 0.6) is 0 Å². The molecule has 0 amide bonds. The smallest absolute Gasteiger partial charge is 0.161 e. The molecule has 1 aromatic rings. The van der Waals surface area contributed by atoms with Crippen LogP contribution in [0.15, 0.2) is 0 Å². The van der Waals surface area contributed by atoms with Crippen molar-refractivity contribution in [3.05, 3.63) is 21.7 Å². The van der Waals surface area contributed by atoms with Crippen LogP contribution in [0.25, 0.3) is 0 Å². The van der Waals surface area contributed by atoms with Crippen LogP contribution in [-0.4, -0.2) is 17.1 Å². The molecular formula is C13H20Cl2N2O. The second-order valence-corrected chi connectivity index (χ2v) is 6.43. The second kappa shape index (κ2) is 5.72. The monoisotopic (exact) mass is 290 g/mol. The largest absolute Gasteiger partial charge is 0.373 e. The highest BCUT2D eigenvalue weighted by Gasteiger charge is 2.30. The van der Waals surface area contributed by atoms with E-state index in [1.165, 1.54) is 0 Å². The highest BCUT2D eigenvalue weighted by Crippen LogP contribution is 2.36. The predicted molar refractivity (Wildman–Crippen MR) is 75.3 cm³/mol. The number of hydrogen-bond acceptors (Lipinski definition) is 3. The average molecular weight is 291 g/mol. The van der Waals surface area contributed by atoms with Gasteiger partial charge in [-0.05, 0) is 11.3 Å². The summed E-state index contributed by atoms with van der Waals surface area (Å²) in [7, 11) is 1.64. The highest BCUT2D eigenvalue weighted by atomic mass is 35.5. The fraction of sp³-hybridized carbons (Fsp3) is 0.692. The molecule has 1 unspecified atom stereocenters. The summed E-state index contributed by atoms with van der Waals surface area (Å²) in [5, 5.41) is 0.817. The van der Waals surface area contributed by atoms with E-state index in [2.05, 4.69) is 30.7 Å². The van der Waals surface area contributed by atoms with E-state index in [0.29, 0.717) is 16.1 Å². The first-order chi connectivity index (χ1) is 8.18. The van der Waals surface area contributed by atoms with E-state index in [1.807, 2.05) is 13.8 Å². The van der Waals surface area contributed by atoms with Gasteiger partial charge in [0.2, 0.25) is 0 Å². The lowest BCUT2D eigenvalue weighted by atomic mass is 9.88. The molecule has 0 aromatic carbocycles. The summed E-state index contributed by atoms with van der Waals surface area (Å²) in [4.78, 5) is 8.68. The molecule has 0 aliphatic heterocycles. The molecule has 1 atom stereocenters. The molecule has 0 aliphatic carbocycles. The zero-order chi connectivity index (χ0) is 14.1. The molecule has 0 saturated heterocycles. The number of halogens is 2. The van der Waals surface area contributed by atoms with Gasteiger partial charge in [-0.15, -0.1) is 0 Å². The van der Waals surface area contributed by atoms with Gasteiger partial charge in [0.15, 0.2) is 5.82 Å². The molecule has 1 heterocycles. The Hall–Kier alpha value is -0.380. The van der Waals surface area contributed by atoms with E-state index in [9.17, 15) is 0 Å². The third-order valence-electron chi connectivity index (χ3n) is 2.70. The van der Waals surface area contributed by atoms with Crippen molar-refractivity contribution in [2.75, 3.05) is 7.11 Å². The van der Waals surface area contributed by atoms with E-state index in [0.717, 1.165) is 5.56 Å². The maximum absolute atomic E-state index is 6.19. The minimum absolute atomic E-state index is 0.124. The lowest BCUT2D eigenvalue weighted by Crippen LogP contribution is -2.23. The van der Waals surface area contributed by atoms with E-state index in [4.69, 9.17) is 27.9 Å². The van der Waals surface area contributed by atoms with Gasteiger partial charge >= 0.3 is 0 Å². The molecule has 0 saturated carbocycles.